The third-order valence-corrected chi connectivity index (χ3v) is 3.22. The molecule has 0 aliphatic carbocycles. The third kappa shape index (κ3) is 3.47. The lowest BCUT2D eigenvalue weighted by molar-refractivity contribution is 0.503. The van der Waals surface area contributed by atoms with Crippen molar-refractivity contribution in [1.29, 1.82) is 0 Å². The van der Waals surface area contributed by atoms with E-state index >= 15 is 0 Å². The second kappa shape index (κ2) is 6.89. The molecule has 4 nitrogen and oxygen atoms in total. The molecule has 1 aliphatic heterocycles. The molecule has 1 unspecified atom stereocenters. The van der Waals surface area contributed by atoms with Crippen LogP contribution in [0.4, 0.5) is 5.82 Å². The Balaban J connectivity index is 0.000000902. The van der Waals surface area contributed by atoms with Crippen LogP contribution >= 0.6 is 24.8 Å². The SMILES string of the molecule is Cl.Cl.NC1CCCN(c2cnc3ccccc3n2)C1. The Morgan fingerprint density at radius 3 is 2.63 bits per heavy atom. The first-order valence-corrected chi connectivity index (χ1v) is 6.05. The Hall–Kier alpha value is -1.10. The molecule has 1 aromatic carbocycles. The highest BCUT2D eigenvalue weighted by atomic mass is 35.5. The molecule has 0 radical (unpaired) electrons. The molecule has 2 heterocycles. The van der Waals surface area contributed by atoms with Gasteiger partial charge in [0.2, 0.25) is 0 Å². The van der Waals surface area contributed by atoms with Crippen molar-refractivity contribution in [3.05, 3.63) is 30.5 Å². The molecule has 19 heavy (non-hydrogen) atoms. The second-order valence-electron chi connectivity index (χ2n) is 4.57. The molecular formula is C13H18Cl2N4. The molecule has 2 aromatic rings. The van der Waals surface area contributed by atoms with Crippen molar-refractivity contribution in [1.82, 2.24) is 9.97 Å². The van der Waals surface area contributed by atoms with Crippen molar-refractivity contribution in [2.24, 2.45) is 5.73 Å². The van der Waals surface area contributed by atoms with E-state index in [-0.39, 0.29) is 30.9 Å². The normalized spacial score (nSPS) is 18.6. The molecule has 0 bridgehead atoms. The Morgan fingerprint density at radius 2 is 1.89 bits per heavy atom. The number of benzene rings is 1. The molecule has 1 aromatic heterocycles. The summed E-state index contributed by atoms with van der Waals surface area (Å²) < 4.78 is 0. The van der Waals surface area contributed by atoms with Crippen molar-refractivity contribution in [2.45, 2.75) is 18.9 Å². The third-order valence-electron chi connectivity index (χ3n) is 3.22. The monoisotopic (exact) mass is 300 g/mol. The van der Waals surface area contributed by atoms with Gasteiger partial charge in [0.1, 0.15) is 5.82 Å². The summed E-state index contributed by atoms with van der Waals surface area (Å²) in [4.78, 5) is 11.3. The van der Waals surface area contributed by atoms with Gasteiger partial charge in [-0.1, -0.05) is 12.1 Å². The van der Waals surface area contributed by atoms with Crippen LogP contribution in [0, 0.1) is 0 Å². The van der Waals surface area contributed by atoms with Gasteiger partial charge >= 0.3 is 0 Å². The highest BCUT2D eigenvalue weighted by molar-refractivity contribution is 5.85. The highest BCUT2D eigenvalue weighted by Crippen LogP contribution is 2.18. The average Bonchev–Trinajstić information content (AvgIpc) is 2.38. The highest BCUT2D eigenvalue weighted by Gasteiger charge is 2.18. The van der Waals surface area contributed by atoms with Crippen LogP contribution in [0.1, 0.15) is 12.8 Å². The summed E-state index contributed by atoms with van der Waals surface area (Å²) in [6.07, 6.45) is 4.09. The van der Waals surface area contributed by atoms with Crippen LogP contribution in [0.2, 0.25) is 0 Å². The van der Waals surface area contributed by atoms with Gasteiger partial charge in [0.05, 0.1) is 17.2 Å². The van der Waals surface area contributed by atoms with E-state index in [4.69, 9.17) is 5.73 Å². The minimum absolute atomic E-state index is 0. The lowest BCUT2D eigenvalue weighted by Gasteiger charge is -2.31. The largest absolute Gasteiger partial charge is 0.354 e. The van der Waals surface area contributed by atoms with Crippen molar-refractivity contribution < 1.29 is 0 Å². The van der Waals surface area contributed by atoms with Crippen molar-refractivity contribution in [2.75, 3.05) is 18.0 Å². The topological polar surface area (TPSA) is 55.0 Å². The number of anilines is 1. The second-order valence-corrected chi connectivity index (χ2v) is 4.57. The molecule has 0 saturated carbocycles. The zero-order valence-corrected chi connectivity index (χ0v) is 12.2. The van der Waals surface area contributed by atoms with Crippen LogP contribution in [-0.4, -0.2) is 29.1 Å². The summed E-state index contributed by atoms with van der Waals surface area (Å²) in [5.74, 6) is 0.943. The van der Waals surface area contributed by atoms with Gasteiger partial charge in [-0.15, -0.1) is 24.8 Å². The quantitative estimate of drug-likeness (QED) is 0.879. The van der Waals surface area contributed by atoms with Gasteiger partial charge in [0, 0.05) is 19.1 Å². The van der Waals surface area contributed by atoms with E-state index < -0.39 is 0 Å². The number of para-hydroxylation sites is 2. The van der Waals surface area contributed by atoms with Gasteiger partial charge in [0.15, 0.2) is 0 Å². The Morgan fingerprint density at radius 1 is 1.16 bits per heavy atom. The molecular weight excluding hydrogens is 283 g/mol. The van der Waals surface area contributed by atoms with Gasteiger partial charge in [0.25, 0.3) is 0 Å². The molecule has 1 saturated heterocycles. The minimum atomic E-state index is 0. The fourth-order valence-corrected chi connectivity index (χ4v) is 2.32. The molecule has 1 fully saturated rings. The van der Waals surface area contributed by atoms with E-state index in [0.29, 0.717) is 0 Å². The summed E-state index contributed by atoms with van der Waals surface area (Å²) in [5, 5.41) is 0. The summed E-state index contributed by atoms with van der Waals surface area (Å²) >= 11 is 0. The fraction of sp³-hybridized carbons (Fsp3) is 0.385. The Bertz CT molecular complexity index is 535. The van der Waals surface area contributed by atoms with Crippen LogP contribution in [-0.2, 0) is 0 Å². The van der Waals surface area contributed by atoms with Crippen LogP contribution in [0.3, 0.4) is 0 Å². The van der Waals surface area contributed by atoms with E-state index in [1.165, 1.54) is 0 Å². The zero-order chi connectivity index (χ0) is 11.7. The predicted octanol–water partition coefficient (Wildman–Crippen LogP) is 2.40. The summed E-state index contributed by atoms with van der Waals surface area (Å²) in [5.41, 5.74) is 7.88. The van der Waals surface area contributed by atoms with Crippen molar-refractivity contribution in [3.63, 3.8) is 0 Å². The number of halogens is 2. The average molecular weight is 301 g/mol. The van der Waals surface area contributed by atoms with Crippen molar-refractivity contribution in [3.8, 4) is 0 Å². The summed E-state index contributed by atoms with van der Waals surface area (Å²) in [6.45, 7) is 1.91. The molecule has 2 N–H and O–H groups in total. The van der Waals surface area contributed by atoms with Gasteiger partial charge in [-0.25, -0.2) is 4.98 Å². The van der Waals surface area contributed by atoms with Crippen LogP contribution < -0.4 is 10.6 Å². The van der Waals surface area contributed by atoms with Gasteiger partial charge in [-0.05, 0) is 25.0 Å². The molecule has 3 rings (SSSR count). The maximum absolute atomic E-state index is 5.99. The fourth-order valence-electron chi connectivity index (χ4n) is 2.32. The van der Waals surface area contributed by atoms with E-state index in [1.54, 1.807) is 0 Å². The lowest BCUT2D eigenvalue weighted by atomic mass is 10.1. The number of aromatic nitrogens is 2. The first-order valence-electron chi connectivity index (χ1n) is 6.05. The van der Waals surface area contributed by atoms with E-state index in [9.17, 15) is 0 Å². The molecule has 1 atom stereocenters. The van der Waals surface area contributed by atoms with E-state index in [0.717, 1.165) is 42.8 Å². The van der Waals surface area contributed by atoms with Gasteiger partial charge < -0.3 is 10.6 Å². The Labute approximate surface area is 125 Å². The van der Waals surface area contributed by atoms with Crippen LogP contribution in [0.5, 0.6) is 0 Å². The lowest BCUT2D eigenvalue weighted by Crippen LogP contribution is -2.43. The smallest absolute Gasteiger partial charge is 0.147 e. The Kier molecular flexibility index (Phi) is 5.79. The van der Waals surface area contributed by atoms with E-state index in [1.807, 2.05) is 30.5 Å². The molecule has 0 amide bonds. The minimum Gasteiger partial charge on any atom is -0.354 e. The first kappa shape index (κ1) is 16.0. The first-order chi connectivity index (χ1) is 8.33. The zero-order valence-electron chi connectivity index (χ0n) is 10.5. The maximum atomic E-state index is 5.99. The molecule has 104 valence electrons. The molecule has 6 heteroatoms. The maximum Gasteiger partial charge on any atom is 0.147 e. The number of hydrogen-bond donors (Lipinski definition) is 1. The van der Waals surface area contributed by atoms with Gasteiger partial charge in [-0.2, -0.15) is 0 Å². The molecule has 0 spiro atoms. The van der Waals surface area contributed by atoms with E-state index in [2.05, 4.69) is 14.9 Å². The standard InChI is InChI=1S/C13H16N4.2ClH/c14-10-4-3-7-17(9-10)13-8-15-11-5-1-2-6-12(11)16-13;;/h1-2,5-6,8,10H,3-4,7,9,14H2;2*1H. The van der Waals surface area contributed by atoms with Crippen LogP contribution in [0.25, 0.3) is 11.0 Å². The number of nitrogens with zero attached hydrogens (tertiary/aromatic N) is 3. The van der Waals surface area contributed by atoms with Crippen molar-refractivity contribution >= 4 is 41.7 Å². The number of rotatable bonds is 1. The van der Waals surface area contributed by atoms with Crippen LogP contribution in [0.15, 0.2) is 30.5 Å². The number of hydrogen-bond acceptors (Lipinski definition) is 4. The summed E-state index contributed by atoms with van der Waals surface area (Å²) in [7, 11) is 0. The predicted molar refractivity (Wildman–Crippen MR) is 83.5 cm³/mol. The number of piperidine rings is 1. The number of nitrogens with two attached hydrogens (primary N) is 1. The molecule has 1 aliphatic rings. The number of fused-ring (bicyclic) bond motifs is 1. The van der Waals surface area contributed by atoms with Gasteiger partial charge in [-0.3, -0.25) is 4.98 Å². The summed E-state index contributed by atoms with van der Waals surface area (Å²) in [6, 6.07) is 8.21.